The van der Waals surface area contributed by atoms with Crippen LogP contribution in [0.3, 0.4) is 0 Å². The SMILES string of the molecule is CCCCC(CCC)OC(=O)Nc1ccc(C)cc1. The lowest BCUT2D eigenvalue weighted by atomic mass is 10.1. The summed E-state index contributed by atoms with van der Waals surface area (Å²) in [5.74, 6) is 0. The third kappa shape index (κ3) is 6.27. The Hall–Kier alpha value is -1.51. The minimum Gasteiger partial charge on any atom is -0.446 e. The standard InChI is InChI=1S/C16H25NO2/c1-4-6-8-15(7-5-2)19-16(18)17-14-11-9-13(3)10-12-14/h9-12,15H,4-8H2,1-3H3,(H,17,18). The van der Waals surface area contributed by atoms with Gasteiger partial charge < -0.3 is 4.74 Å². The van der Waals surface area contributed by atoms with Crippen molar-refractivity contribution in [1.29, 1.82) is 0 Å². The second-order valence-electron chi connectivity index (χ2n) is 4.95. The first-order valence-corrected chi connectivity index (χ1v) is 7.20. The van der Waals surface area contributed by atoms with Crippen LogP contribution in [0.15, 0.2) is 24.3 Å². The summed E-state index contributed by atoms with van der Waals surface area (Å²) < 4.78 is 5.48. The van der Waals surface area contributed by atoms with Gasteiger partial charge in [-0.2, -0.15) is 0 Å². The maximum Gasteiger partial charge on any atom is 0.411 e. The maximum atomic E-state index is 11.8. The first-order valence-electron chi connectivity index (χ1n) is 7.20. The van der Waals surface area contributed by atoms with Gasteiger partial charge in [-0.15, -0.1) is 0 Å². The summed E-state index contributed by atoms with van der Waals surface area (Å²) in [6, 6.07) is 7.71. The fraction of sp³-hybridized carbons (Fsp3) is 0.562. The number of benzene rings is 1. The summed E-state index contributed by atoms with van der Waals surface area (Å²) in [7, 11) is 0. The maximum absolute atomic E-state index is 11.8. The molecule has 0 spiro atoms. The zero-order valence-electron chi connectivity index (χ0n) is 12.2. The van der Waals surface area contributed by atoms with Crippen molar-refractivity contribution in [2.24, 2.45) is 0 Å². The van der Waals surface area contributed by atoms with Crippen molar-refractivity contribution in [1.82, 2.24) is 0 Å². The highest BCUT2D eigenvalue weighted by molar-refractivity contribution is 5.84. The topological polar surface area (TPSA) is 38.3 Å². The average molecular weight is 263 g/mol. The van der Waals surface area contributed by atoms with E-state index in [0.29, 0.717) is 0 Å². The number of carbonyl (C=O) groups excluding carboxylic acids is 1. The summed E-state index contributed by atoms with van der Waals surface area (Å²) in [6.07, 6.45) is 4.83. The fourth-order valence-electron chi connectivity index (χ4n) is 1.95. The molecule has 1 aromatic carbocycles. The molecule has 0 heterocycles. The molecule has 1 aromatic rings. The van der Waals surface area contributed by atoms with Gasteiger partial charge in [-0.1, -0.05) is 50.8 Å². The predicted molar refractivity (Wildman–Crippen MR) is 79.5 cm³/mol. The largest absolute Gasteiger partial charge is 0.446 e. The van der Waals surface area contributed by atoms with E-state index in [1.807, 2.05) is 31.2 Å². The number of anilines is 1. The molecule has 19 heavy (non-hydrogen) atoms. The lowest BCUT2D eigenvalue weighted by molar-refractivity contribution is 0.0978. The minimum atomic E-state index is -0.349. The molecule has 0 aromatic heterocycles. The van der Waals surface area contributed by atoms with Gasteiger partial charge in [-0.3, -0.25) is 5.32 Å². The molecule has 106 valence electrons. The molecule has 0 bridgehead atoms. The Labute approximate surface area is 116 Å². The number of amides is 1. The molecule has 1 rings (SSSR count). The summed E-state index contributed by atoms with van der Waals surface area (Å²) >= 11 is 0. The highest BCUT2D eigenvalue weighted by atomic mass is 16.6. The van der Waals surface area contributed by atoms with E-state index in [-0.39, 0.29) is 12.2 Å². The van der Waals surface area contributed by atoms with Crippen LogP contribution in [0.5, 0.6) is 0 Å². The molecule has 0 saturated heterocycles. The number of nitrogens with one attached hydrogen (secondary N) is 1. The number of unbranched alkanes of at least 4 members (excludes halogenated alkanes) is 1. The lowest BCUT2D eigenvalue weighted by Crippen LogP contribution is -2.22. The molecular weight excluding hydrogens is 238 g/mol. The zero-order chi connectivity index (χ0) is 14.1. The van der Waals surface area contributed by atoms with Gasteiger partial charge in [0.2, 0.25) is 0 Å². The average Bonchev–Trinajstić information content (AvgIpc) is 2.39. The molecule has 0 aliphatic carbocycles. The normalized spacial score (nSPS) is 11.9. The molecule has 0 saturated carbocycles. The molecular formula is C16H25NO2. The van der Waals surface area contributed by atoms with E-state index in [1.165, 1.54) is 5.56 Å². The Morgan fingerprint density at radius 3 is 2.42 bits per heavy atom. The summed E-state index contributed by atoms with van der Waals surface area (Å²) in [5, 5.41) is 2.77. The Bertz CT molecular complexity index is 373. The number of hydrogen-bond donors (Lipinski definition) is 1. The number of rotatable bonds is 7. The van der Waals surface area contributed by atoms with E-state index < -0.39 is 0 Å². The van der Waals surface area contributed by atoms with Crippen molar-refractivity contribution in [2.75, 3.05) is 5.32 Å². The summed E-state index contributed by atoms with van der Waals surface area (Å²) in [5.41, 5.74) is 1.95. The Balaban J connectivity index is 2.45. The van der Waals surface area contributed by atoms with Gasteiger partial charge >= 0.3 is 6.09 Å². The van der Waals surface area contributed by atoms with Crippen LogP contribution in [0.25, 0.3) is 0 Å². The van der Waals surface area contributed by atoms with Gasteiger partial charge in [0.25, 0.3) is 0 Å². The molecule has 0 fully saturated rings. The third-order valence-corrected chi connectivity index (χ3v) is 3.06. The highest BCUT2D eigenvalue weighted by Gasteiger charge is 2.13. The quantitative estimate of drug-likeness (QED) is 0.759. The van der Waals surface area contributed by atoms with Gasteiger partial charge in [0.05, 0.1) is 0 Å². The van der Waals surface area contributed by atoms with Crippen LogP contribution in [0.4, 0.5) is 10.5 Å². The van der Waals surface area contributed by atoms with Crippen molar-refractivity contribution in [3.05, 3.63) is 29.8 Å². The van der Waals surface area contributed by atoms with Crippen molar-refractivity contribution in [3.8, 4) is 0 Å². The number of aryl methyl sites for hydroxylation is 1. The molecule has 0 aliphatic rings. The minimum absolute atomic E-state index is 0.0374. The third-order valence-electron chi connectivity index (χ3n) is 3.06. The molecule has 1 N–H and O–H groups in total. The van der Waals surface area contributed by atoms with Gasteiger partial charge in [0.1, 0.15) is 6.10 Å². The molecule has 3 heteroatoms. The van der Waals surface area contributed by atoms with Crippen LogP contribution in [-0.4, -0.2) is 12.2 Å². The molecule has 0 aliphatic heterocycles. The molecule has 3 nitrogen and oxygen atoms in total. The van der Waals surface area contributed by atoms with Crippen LogP contribution in [0, 0.1) is 6.92 Å². The van der Waals surface area contributed by atoms with E-state index >= 15 is 0 Å². The molecule has 1 amide bonds. The zero-order valence-corrected chi connectivity index (χ0v) is 12.2. The number of carbonyl (C=O) groups is 1. The monoisotopic (exact) mass is 263 g/mol. The van der Waals surface area contributed by atoms with Crippen LogP contribution in [0.1, 0.15) is 51.5 Å². The van der Waals surface area contributed by atoms with E-state index in [4.69, 9.17) is 4.74 Å². The van der Waals surface area contributed by atoms with Crippen molar-refractivity contribution >= 4 is 11.8 Å². The predicted octanol–water partition coefficient (Wildman–Crippen LogP) is 4.90. The van der Waals surface area contributed by atoms with Gasteiger partial charge in [-0.25, -0.2) is 4.79 Å². The second-order valence-corrected chi connectivity index (χ2v) is 4.95. The van der Waals surface area contributed by atoms with Gasteiger partial charge in [0.15, 0.2) is 0 Å². The van der Waals surface area contributed by atoms with Gasteiger partial charge in [-0.05, 0) is 31.9 Å². The van der Waals surface area contributed by atoms with Crippen molar-refractivity contribution in [3.63, 3.8) is 0 Å². The molecule has 1 atom stereocenters. The molecule has 1 unspecified atom stereocenters. The van der Waals surface area contributed by atoms with Crippen molar-refractivity contribution < 1.29 is 9.53 Å². The Kier molecular flexibility index (Phi) is 7.01. The van der Waals surface area contributed by atoms with E-state index in [9.17, 15) is 4.79 Å². The number of hydrogen-bond acceptors (Lipinski definition) is 2. The van der Waals surface area contributed by atoms with E-state index in [2.05, 4.69) is 19.2 Å². The second kappa shape index (κ2) is 8.57. The Morgan fingerprint density at radius 1 is 1.16 bits per heavy atom. The van der Waals surface area contributed by atoms with E-state index in [1.54, 1.807) is 0 Å². The van der Waals surface area contributed by atoms with Crippen LogP contribution in [-0.2, 0) is 4.74 Å². The Morgan fingerprint density at radius 2 is 1.84 bits per heavy atom. The fourth-order valence-corrected chi connectivity index (χ4v) is 1.95. The summed E-state index contributed by atoms with van der Waals surface area (Å²) in [4.78, 5) is 11.8. The van der Waals surface area contributed by atoms with Gasteiger partial charge in [0, 0.05) is 5.69 Å². The summed E-state index contributed by atoms with van der Waals surface area (Å²) in [6.45, 7) is 6.28. The van der Waals surface area contributed by atoms with Crippen LogP contribution in [0.2, 0.25) is 0 Å². The number of ether oxygens (including phenoxy) is 1. The highest BCUT2D eigenvalue weighted by Crippen LogP contribution is 2.14. The van der Waals surface area contributed by atoms with Crippen molar-refractivity contribution in [2.45, 2.75) is 59.0 Å². The first-order chi connectivity index (χ1) is 9.15. The van der Waals surface area contributed by atoms with Crippen LogP contribution < -0.4 is 5.32 Å². The smallest absolute Gasteiger partial charge is 0.411 e. The molecule has 0 radical (unpaired) electrons. The lowest BCUT2D eigenvalue weighted by Gasteiger charge is -2.17. The first kappa shape index (κ1) is 15.5. The van der Waals surface area contributed by atoms with Crippen LogP contribution >= 0.6 is 0 Å². The van der Waals surface area contributed by atoms with E-state index in [0.717, 1.165) is 37.8 Å².